The molecule has 1 aromatic rings. The second kappa shape index (κ2) is 6.58. The molecule has 0 amide bonds. The average molecular weight is 336 g/mol. The molecule has 2 rings (SSSR count). The van der Waals surface area contributed by atoms with Crippen molar-refractivity contribution in [3.8, 4) is 0 Å². The molecular weight excluding hydrogens is 317 g/mol. The van der Waals surface area contributed by atoms with Crippen molar-refractivity contribution < 1.29 is 12.8 Å². The molecule has 0 bridgehead atoms. The van der Waals surface area contributed by atoms with E-state index in [0.717, 1.165) is 17.3 Å². The molecule has 1 aliphatic rings. The summed E-state index contributed by atoms with van der Waals surface area (Å²) in [4.78, 5) is 0. The highest BCUT2D eigenvalue weighted by atomic mass is 35.5. The van der Waals surface area contributed by atoms with E-state index in [0.29, 0.717) is 6.54 Å². The van der Waals surface area contributed by atoms with Gasteiger partial charge in [-0.25, -0.2) is 4.39 Å². The van der Waals surface area contributed by atoms with Crippen molar-refractivity contribution in [1.82, 2.24) is 13.9 Å². The third kappa shape index (κ3) is 3.54. The standard InChI is InChI=1S/C13H19ClFN3O2S/c1-17(9-11-12(14)4-3-5-13(11)15)21(19,20)18(2)10-6-7-16-8-10/h3-5,10,16H,6-9H2,1-2H3. The topological polar surface area (TPSA) is 52.7 Å². The van der Waals surface area contributed by atoms with E-state index in [-0.39, 0.29) is 23.2 Å². The zero-order valence-electron chi connectivity index (χ0n) is 12.0. The van der Waals surface area contributed by atoms with E-state index in [1.807, 2.05) is 0 Å². The molecule has 0 aromatic heterocycles. The van der Waals surface area contributed by atoms with Crippen LogP contribution in [0.2, 0.25) is 5.02 Å². The summed E-state index contributed by atoms with van der Waals surface area (Å²) >= 11 is 5.95. The normalized spacial score (nSPS) is 19.6. The highest BCUT2D eigenvalue weighted by Gasteiger charge is 2.32. The Balaban J connectivity index is 2.16. The van der Waals surface area contributed by atoms with Crippen molar-refractivity contribution in [3.63, 3.8) is 0 Å². The van der Waals surface area contributed by atoms with E-state index in [2.05, 4.69) is 5.32 Å². The first-order valence-electron chi connectivity index (χ1n) is 6.67. The van der Waals surface area contributed by atoms with Gasteiger partial charge < -0.3 is 5.32 Å². The molecular formula is C13H19ClFN3O2S. The van der Waals surface area contributed by atoms with Gasteiger partial charge in [0.2, 0.25) is 0 Å². The quantitative estimate of drug-likeness (QED) is 0.886. The Kier molecular flexibility index (Phi) is 5.21. The van der Waals surface area contributed by atoms with Gasteiger partial charge in [0.05, 0.1) is 0 Å². The van der Waals surface area contributed by atoms with E-state index >= 15 is 0 Å². The van der Waals surface area contributed by atoms with Gasteiger partial charge in [-0.05, 0) is 25.1 Å². The van der Waals surface area contributed by atoms with Crippen molar-refractivity contribution in [2.75, 3.05) is 27.2 Å². The number of hydrogen-bond donors (Lipinski definition) is 1. The van der Waals surface area contributed by atoms with E-state index in [1.165, 1.54) is 23.5 Å². The van der Waals surface area contributed by atoms with E-state index in [9.17, 15) is 12.8 Å². The van der Waals surface area contributed by atoms with Gasteiger partial charge >= 0.3 is 0 Å². The summed E-state index contributed by atoms with van der Waals surface area (Å²) in [5, 5.41) is 3.35. The minimum atomic E-state index is -3.65. The van der Waals surface area contributed by atoms with Gasteiger partial charge in [0.15, 0.2) is 0 Å². The molecule has 1 N–H and O–H groups in total. The molecule has 1 heterocycles. The van der Waals surface area contributed by atoms with Crippen LogP contribution in [0.5, 0.6) is 0 Å². The lowest BCUT2D eigenvalue weighted by Crippen LogP contribution is -2.45. The van der Waals surface area contributed by atoms with Crippen molar-refractivity contribution in [3.05, 3.63) is 34.6 Å². The smallest absolute Gasteiger partial charge is 0.282 e. The SMILES string of the molecule is CN(Cc1c(F)cccc1Cl)S(=O)(=O)N(C)C1CCNC1. The summed E-state index contributed by atoms with van der Waals surface area (Å²) in [6.07, 6.45) is 0.768. The van der Waals surface area contributed by atoms with E-state index in [4.69, 9.17) is 11.6 Å². The van der Waals surface area contributed by atoms with Crippen LogP contribution in [0.1, 0.15) is 12.0 Å². The number of halogens is 2. The number of likely N-dealkylation sites (N-methyl/N-ethyl adjacent to an activating group) is 1. The summed E-state index contributed by atoms with van der Waals surface area (Å²) in [5.74, 6) is -0.505. The number of hydrogen-bond acceptors (Lipinski definition) is 3. The number of nitrogens with zero attached hydrogens (tertiary/aromatic N) is 2. The maximum atomic E-state index is 13.8. The largest absolute Gasteiger partial charge is 0.315 e. The Labute approximate surface area is 129 Å². The van der Waals surface area contributed by atoms with Gasteiger partial charge in [-0.1, -0.05) is 17.7 Å². The predicted octanol–water partition coefficient (Wildman–Crippen LogP) is 1.45. The monoisotopic (exact) mass is 335 g/mol. The maximum absolute atomic E-state index is 13.8. The lowest BCUT2D eigenvalue weighted by Gasteiger charge is -2.28. The third-order valence-corrected chi connectivity index (χ3v) is 6.05. The zero-order chi connectivity index (χ0) is 15.6. The Hall–Kier alpha value is -0.730. The lowest BCUT2D eigenvalue weighted by molar-refractivity contribution is 0.340. The fraction of sp³-hybridized carbons (Fsp3) is 0.538. The van der Waals surface area contributed by atoms with E-state index in [1.54, 1.807) is 13.1 Å². The predicted molar refractivity (Wildman–Crippen MR) is 80.8 cm³/mol. The molecule has 0 aliphatic carbocycles. The molecule has 1 aliphatic heterocycles. The summed E-state index contributed by atoms with van der Waals surface area (Å²) in [5.41, 5.74) is 0.184. The van der Waals surface area contributed by atoms with Crippen LogP contribution in [0.15, 0.2) is 18.2 Å². The molecule has 1 aromatic carbocycles. The van der Waals surface area contributed by atoms with Crippen LogP contribution in [-0.2, 0) is 16.8 Å². The number of nitrogens with one attached hydrogen (secondary N) is 1. The minimum absolute atomic E-state index is 0.0754. The van der Waals surface area contributed by atoms with Gasteiger partial charge in [-0.15, -0.1) is 0 Å². The average Bonchev–Trinajstić information content (AvgIpc) is 2.95. The first kappa shape index (κ1) is 16.6. The molecule has 0 saturated carbocycles. The summed E-state index contributed by atoms with van der Waals surface area (Å²) in [7, 11) is -0.677. The maximum Gasteiger partial charge on any atom is 0.282 e. The van der Waals surface area contributed by atoms with E-state index < -0.39 is 16.0 Å². The van der Waals surface area contributed by atoms with Crippen molar-refractivity contribution in [2.45, 2.75) is 19.0 Å². The second-order valence-corrected chi connectivity index (χ2v) is 7.63. The highest BCUT2D eigenvalue weighted by Crippen LogP contribution is 2.22. The molecule has 0 spiro atoms. The molecule has 0 radical (unpaired) electrons. The van der Waals surface area contributed by atoms with Gasteiger partial charge in [0.25, 0.3) is 10.2 Å². The van der Waals surface area contributed by atoms with Crippen LogP contribution in [0, 0.1) is 5.82 Å². The summed E-state index contributed by atoms with van der Waals surface area (Å²) in [6.45, 7) is 1.33. The van der Waals surface area contributed by atoms with Crippen molar-refractivity contribution in [1.29, 1.82) is 0 Å². The first-order valence-corrected chi connectivity index (χ1v) is 8.44. The highest BCUT2D eigenvalue weighted by molar-refractivity contribution is 7.86. The van der Waals surface area contributed by atoms with Crippen LogP contribution in [0.25, 0.3) is 0 Å². The molecule has 21 heavy (non-hydrogen) atoms. The molecule has 118 valence electrons. The van der Waals surface area contributed by atoms with Crippen LogP contribution in [0.4, 0.5) is 4.39 Å². The van der Waals surface area contributed by atoms with Crippen LogP contribution in [0.3, 0.4) is 0 Å². The second-order valence-electron chi connectivity index (χ2n) is 5.13. The Bertz CT molecular complexity index is 585. The molecule has 1 atom stereocenters. The fourth-order valence-corrected chi connectivity index (χ4v) is 3.86. The molecule has 1 saturated heterocycles. The Morgan fingerprint density at radius 3 is 2.71 bits per heavy atom. The van der Waals surface area contributed by atoms with Crippen molar-refractivity contribution in [2.24, 2.45) is 0 Å². The van der Waals surface area contributed by atoms with Crippen LogP contribution >= 0.6 is 11.6 Å². The van der Waals surface area contributed by atoms with Gasteiger partial charge in [0, 0.05) is 43.8 Å². The number of rotatable bonds is 5. The van der Waals surface area contributed by atoms with Gasteiger partial charge in [-0.2, -0.15) is 17.0 Å². The van der Waals surface area contributed by atoms with Gasteiger partial charge in [0.1, 0.15) is 5.82 Å². The number of benzene rings is 1. The molecule has 1 fully saturated rings. The van der Waals surface area contributed by atoms with Gasteiger partial charge in [-0.3, -0.25) is 0 Å². The summed E-state index contributed by atoms with van der Waals surface area (Å²) < 4.78 is 41.2. The first-order chi connectivity index (χ1) is 9.84. The zero-order valence-corrected chi connectivity index (χ0v) is 13.6. The Morgan fingerprint density at radius 1 is 1.43 bits per heavy atom. The molecule has 8 heteroatoms. The van der Waals surface area contributed by atoms with Crippen LogP contribution in [-0.4, -0.2) is 50.3 Å². The Morgan fingerprint density at radius 2 is 2.14 bits per heavy atom. The van der Waals surface area contributed by atoms with Crippen molar-refractivity contribution >= 4 is 21.8 Å². The van der Waals surface area contributed by atoms with Crippen LogP contribution < -0.4 is 5.32 Å². The fourth-order valence-electron chi connectivity index (χ4n) is 2.35. The summed E-state index contributed by atoms with van der Waals surface area (Å²) in [6, 6.07) is 4.23. The minimum Gasteiger partial charge on any atom is -0.315 e. The molecule has 5 nitrogen and oxygen atoms in total. The molecule has 1 unspecified atom stereocenters. The lowest BCUT2D eigenvalue weighted by atomic mass is 10.2. The third-order valence-electron chi connectivity index (χ3n) is 3.75.